The summed E-state index contributed by atoms with van der Waals surface area (Å²) in [5.74, 6) is 0. The van der Waals surface area contributed by atoms with Gasteiger partial charge in [0.1, 0.15) is 0 Å². The molecule has 26 heavy (non-hydrogen) atoms. The summed E-state index contributed by atoms with van der Waals surface area (Å²) in [4.78, 5) is 0. The van der Waals surface area contributed by atoms with Gasteiger partial charge in [0.05, 0.1) is 25.3 Å². The van der Waals surface area contributed by atoms with E-state index < -0.39 is 20.6 Å². The molecule has 0 aliphatic carbocycles. The van der Waals surface area contributed by atoms with E-state index in [9.17, 15) is 16.8 Å². The fourth-order valence-corrected chi connectivity index (χ4v) is 5.95. The van der Waals surface area contributed by atoms with Gasteiger partial charge in [-0.05, 0) is 25.7 Å². The molecule has 0 aromatic carbocycles. The molecule has 2 heterocycles. The SMILES string of the molecule is CCC[C@H]1COS(=O)(=O)N1CCC.CCC[C@H]1COS(=O)(=O)N1CCC. The van der Waals surface area contributed by atoms with Crippen molar-refractivity contribution in [2.75, 3.05) is 26.3 Å². The summed E-state index contributed by atoms with van der Waals surface area (Å²) in [6.45, 7) is 9.85. The average molecular weight is 415 g/mol. The lowest BCUT2D eigenvalue weighted by Gasteiger charge is -2.18. The Morgan fingerprint density at radius 1 is 0.692 bits per heavy atom. The smallest absolute Gasteiger partial charge is 0.256 e. The first-order valence-corrected chi connectivity index (χ1v) is 12.3. The predicted octanol–water partition coefficient (Wildman–Crippen LogP) is 2.28. The van der Waals surface area contributed by atoms with E-state index >= 15 is 0 Å². The maximum absolute atomic E-state index is 11.3. The van der Waals surface area contributed by atoms with Crippen LogP contribution in [0.2, 0.25) is 0 Å². The monoisotopic (exact) mass is 414 g/mol. The van der Waals surface area contributed by atoms with Crippen LogP contribution in [-0.4, -0.2) is 63.8 Å². The molecule has 8 nitrogen and oxygen atoms in total. The molecule has 0 spiro atoms. The minimum absolute atomic E-state index is 0.0648. The fraction of sp³-hybridized carbons (Fsp3) is 1.00. The van der Waals surface area contributed by atoms with Gasteiger partial charge >= 0.3 is 20.6 Å². The second-order valence-corrected chi connectivity index (χ2v) is 9.71. The van der Waals surface area contributed by atoms with E-state index in [2.05, 4.69) is 13.8 Å². The molecule has 0 radical (unpaired) electrons. The summed E-state index contributed by atoms with van der Waals surface area (Å²) in [6.07, 6.45) is 5.43. The summed E-state index contributed by atoms with van der Waals surface area (Å²) in [6, 6.07) is 0.130. The van der Waals surface area contributed by atoms with E-state index in [1.807, 2.05) is 13.8 Å². The van der Waals surface area contributed by atoms with Gasteiger partial charge in [0.25, 0.3) is 0 Å². The first-order chi connectivity index (χ1) is 12.2. The summed E-state index contributed by atoms with van der Waals surface area (Å²) < 4.78 is 57.9. The summed E-state index contributed by atoms with van der Waals surface area (Å²) in [5, 5.41) is 0. The molecule has 0 bridgehead atoms. The lowest BCUT2D eigenvalue weighted by molar-refractivity contribution is 0.295. The first kappa shape index (κ1) is 23.8. The van der Waals surface area contributed by atoms with Crippen LogP contribution in [0.1, 0.15) is 66.2 Å². The molecule has 0 saturated carbocycles. The minimum Gasteiger partial charge on any atom is -0.256 e. The molecule has 0 amide bonds. The molecule has 2 aliphatic heterocycles. The zero-order chi connectivity index (χ0) is 19.8. The third-order valence-electron chi connectivity index (χ3n) is 4.34. The third kappa shape index (κ3) is 6.42. The largest absolute Gasteiger partial charge is 0.338 e. The van der Waals surface area contributed by atoms with Crippen LogP contribution in [-0.2, 0) is 29.0 Å². The molecule has 2 atom stereocenters. The van der Waals surface area contributed by atoms with E-state index in [0.29, 0.717) is 26.3 Å². The molecule has 2 saturated heterocycles. The number of nitrogens with zero attached hydrogens (tertiary/aromatic N) is 2. The van der Waals surface area contributed by atoms with Crippen LogP contribution in [0.4, 0.5) is 0 Å². The van der Waals surface area contributed by atoms with Crippen molar-refractivity contribution < 1.29 is 25.2 Å². The zero-order valence-corrected chi connectivity index (χ0v) is 18.0. The molecule has 0 aromatic rings. The van der Waals surface area contributed by atoms with Gasteiger partial charge in [0, 0.05) is 13.1 Å². The van der Waals surface area contributed by atoms with Crippen molar-refractivity contribution in [2.45, 2.75) is 78.3 Å². The van der Waals surface area contributed by atoms with Crippen molar-refractivity contribution in [2.24, 2.45) is 0 Å². The molecule has 2 rings (SSSR count). The Bertz CT molecular complexity index is 554. The maximum atomic E-state index is 11.3. The Labute approximate surface area is 159 Å². The number of hydrogen-bond donors (Lipinski definition) is 0. The van der Waals surface area contributed by atoms with Crippen LogP contribution < -0.4 is 0 Å². The molecule has 0 unspecified atom stereocenters. The van der Waals surface area contributed by atoms with Crippen molar-refractivity contribution >= 4 is 20.6 Å². The average Bonchev–Trinajstić information content (AvgIpc) is 3.01. The van der Waals surface area contributed by atoms with Crippen LogP contribution in [0, 0.1) is 0 Å². The first-order valence-electron chi connectivity index (χ1n) is 9.55. The highest BCUT2D eigenvalue weighted by atomic mass is 32.2. The molecule has 2 fully saturated rings. The van der Waals surface area contributed by atoms with Crippen LogP contribution in [0.5, 0.6) is 0 Å². The highest BCUT2D eigenvalue weighted by Gasteiger charge is 2.37. The van der Waals surface area contributed by atoms with Crippen LogP contribution in [0.25, 0.3) is 0 Å². The van der Waals surface area contributed by atoms with Gasteiger partial charge in [0.2, 0.25) is 0 Å². The molecule has 2 aliphatic rings. The van der Waals surface area contributed by atoms with Gasteiger partial charge in [-0.1, -0.05) is 40.5 Å². The van der Waals surface area contributed by atoms with Crippen LogP contribution in [0.3, 0.4) is 0 Å². The van der Waals surface area contributed by atoms with E-state index in [1.165, 1.54) is 8.61 Å². The maximum Gasteiger partial charge on any atom is 0.338 e. The van der Waals surface area contributed by atoms with Crippen molar-refractivity contribution in [3.05, 3.63) is 0 Å². The fourth-order valence-electron chi connectivity index (χ4n) is 3.15. The van der Waals surface area contributed by atoms with E-state index in [-0.39, 0.29) is 12.1 Å². The lowest BCUT2D eigenvalue weighted by Crippen LogP contribution is -2.34. The van der Waals surface area contributed by atoms with E-state index in [1.54, 1.807) is 0 Å². The normalized spacial score (nSPS) is 28.0. The Morgan fingerprint density at radius 3 is 1.31 bits per heavy atom. The number of hydrogen-bond acceptors (Lipinski definition) is 6. The Morgan fingerprint density at radius 2 is 1.04 bits per heavy atom. The third-order valence-corrected chi connectivity index (χ3v) is 7.32. The van der Waals surface area contributed by atoms with Crippen LogP contribution in [0.15, 0.2) is 0 Å². The van der Waals surface area contributed by atoms with E-state index in [4.69, 9.17) is 8.37 Å². The zero-order valence-electron chi connectivity index (χ0n) is 16.4. The van der Waals surface area contributed by atoms with Gasteiger partial charge in [-0.25, -0.2) is 0 Å². The Hall–Kier alpha value is -0.260. The summed E-state index contributed by atoms with van der Waals surface area (Å²) >= 11 is 0. The standard InChI is InChI=1S/2C8H17NO3S/c2*1-3-5-8-7-12-13(10,11)9(8)6-4-2/h2*8H,3-7H2,1-2H3/t2*8-/m00/s1. The molecule has 0 N–H and O–H groups in total. The van der Waals surface area contributed by atoms with Crippen molar-refractivity contribution in [1.82, 2.24) is 8.61 Å². The van der Waals surface area contributed by atoms with Gasteiger partial charge in [-0.15, -0.1) is 0 Å². The molecule has 10 heteroatoms. The highest BCUT2D eigenvalue weighted by Crippen LogP contribution is 2.22. The van der Waals surface area contributed by atoms with Crippen molar-refractivity contribution in [3.8, 4) is 0 Å². The second kappa shape index (κ2) is 10.9. The van der Waals surface area contributed by atoms with Crippen molar-refractivity contribution in [3.63, 3.8) is 0 Å². The lowest BCUT2D eigenvalue weighted by atomic mass is 10.2. The number of rotatable bonds is 8. The Balaban J connectivity index is 0.000000260. The second-order valence-electron chi connectivity index (χ2n) is 6.59. The topological polar surface area (TPSA) is 93.2 Å². The summed E-state index contributed by atoms with van der Waals surface area (Å²) in [5.41, 5.74) is 0. The minimum atomic E-state index is -3.39. The quantitative estimate of drug-likeness (QED) is 0.605. The van der Waals surface area contributed by atoms with E-state index in [0.717, 1.165) is 38.5 Å². The molecule has 156 valence electrons. The highest BCUT2D eigenvalue weighted by molar-refractivity contribution is 7.84. The molecular formula is C16H34N2O6S2. The predicted molar refractivity (Wildman–Crippen MR) is 101 cm³/mol. The summed E-state index contributed by atoms with van der Waals surface area (Å²) in [7, 11) is -6.77. The Kier molecular flexibility index (Phi) is 9.98. The molecular weight excluding hydrogens is 380 g/mol. The van der Waals surface area contributed by atoms with Gasteiger partial charge in [0.15, 0.2) is 0 Å². The van der Waals surface area contributed by atoms with Crippen molar-refractivity contribution in [1.29, 1.82) is 0 Å². The molecule has 0 aromatic heterocycles. The van der Waals surface area contributed by atoms with Gasteiger partial charge in [-0.3, -0.25) is 8.37 Å². The van der Waals surface area contributed by atoms with Crippen LogP contribution >= 0.6 is 0 Å². The van der Waals surface area contributed by atoms with Gasteiger partial charge in [-0.2, -0.15) is 25.4 Å². The van der Waals surface area contributed by atoms with Gasteiger partial charge < -0.3 is 0 Å².